The molecule has 5 heteroatoms. The van der Waals surface area contributed by atoms with Gasteiger partial charge in [0.05, 0.1) is 11.0 Å². The van der Waals surface area contributed by atoms with Crippen LogP contribution in [-0.2, 0) is 0 Å². The number of benzene rings is 1. The fourth-order valence-corrected chi connectivity index (χ4v) is 2.17. The molecule has 2 rings (SSSR count). The predicted molar refractivity (Wildman–Crippen MR) is 83.6 cm³/mol. The summed E-state index contributed by atoms with van der Waals surface area (Å²) in [5.41, 5.74) is 1.97. The van der Waals surface area contributed by atoms with Gasteiger partial charge in [-0.25, -0.2) is 4.98 Å². The smallest absolute Gasteiger partial charge is 0.277 e. The molecule has 0 radical (unpaired) electrons. The zero-order chi connectivity index (χ0) is 15.2. The fourth-order valence-electron chi connectivity index (χ4n) is 2.17. The molecule has 0 aliphatic heterocycles. The van der Waals surface area contributed by atoms with Gasteiger partial charge in [-0.3, -0.25) is 10.1 Å². The highest BCUT2D eigenvalue weighted by Gasteiger charge is 2.12. The molecule has 0 fully saturated rings. The first-order valence-electron chi connectivity index (χ1n) is 6.98. The van der Waals surface area contributed by atoms with Gasteiger partial charge in [0.15, 0.2) is 0 Å². The van der Waals surface area contributed by atoms with Crippen LogP contribution in [0.25, 0.3) is 0 Å². The van der Waals surface area contributed by atoms with Crippen molar-refractivity contribution < 1.29 is 4.92 Å². The van der Waals surface area contributed by atoms with Crippen LogP contribution in [0.15, 0.2) is 42.6 Å². The van der Waals surface area contributed by atoms with Crippen molar-refractivity contribution in [3.8, 4) is 0 Å². The minimum Gasteiger partial charge on any atom is -0.370 e. The van der Waals surface area contributed by atoms with Crippen LogP contribution in [0.3, 0.4) is 0 Å². The van der Waals surface area contributed by atoms with Crippen LogP contribution in [0.1, 0.15) is 30.4 Å². The van der Waals surface area contributed by atoms with Gasteiger partial charge in [0, 0.05) is 18.3 Å². The monoisotopic (exact) mass is 285 g/mol. The van der Waals surface area contributed by atoms with Crippen LogP contribution >= 0.6 is 0 Å². The molecule has 1 heterocycles. The van der Waals surface area contributed by atoms with Gasteiger partial charge in [-0.15, -0.1) is 0 Å². The standard InChI is InChI=1S/C16H19N3O2/c1-12(14-6-4-3-5-7-14)8-9-17-16-10-15(19(20)21)13(2)11-18-16/h3-7,10-12H,8-9H2,1-2H3,(H,17,18). The summed E-state index contributed by atoms with van der Waals surface area (Å²) in [6.45, 7) is 4.58. The summed E-state index contributed by atoms with van der Waals surface area (Å²) in [5, 5.41) is 14.0. The third kappa shape index (κ3) is 4.02. The minimum absolute atomic E-state index is 0.101. The predicted octanol–water partition coefficient (Wildman–Crippen LogP) is 3.90. The van der Waals surface area contributed by atoms with Gasteiger partial charge in [-0.05, 0) is 24.8 Å². The van der Waals surface area contributed by atoms with Gasteiger partial charge in [-0.2, -0.15) is 0 Å². The molecular weight excluding hydrogens is 266 g/mol. The zero-order valence-corrected chi connectivity index (χ0v) is 12.2. The van der Waals surface area contributed by atoms with Gasteiger partial charge in [0.1, 0.15) is 5.82 Å². The maximum Gasteiger partial charge on any atom is 0.277 e. The number of nitrogens with zero attached hydrogens (tertiary/aromatic N) is 2. The molecule has 0 spiro atoms. The normalized spacial score (nSPS) is 11.9. The second-order valence-corrected chi connectivity index (χ2v) is 5.14. The number of nitrogens with one attached hydrogen (secondary N) is 1. The van der Waals surface area contributed by atoms with E-state index in [9.17, 15) is 10.1 Å². The van der Waals surface area contributed by atoms with E-state index in [0.717, 1.165) is 13.0 Å². The molecule has 1 unspecified atom stereocenters. The van der Waals surface area contributed by atoms with E-state index < -0.39 is 0 Å². The third-order valence-electron chi connectivity index (χ3n) is 3.52. The van der Waals surface area contributed by atoms with Crippen LogP contribution in [-0.4, -0.2) is 16.5 Å². The van der Waals surface area contributed by atoms with Crippen molar-refractivity contribution in [2.24, 2.45) is 0 Å². The van der Waals surface area contributed by atoms with Crippen molar-refractivity contribution in [1.29, 1.82) is 0 Å². The summed E-state index contributed by atoms with van der Waals surface area (Å²) >= 11 is 0. The van der Waals surface area contributed by atoms with E-state index in [1.54, 1.807) is 6.92 Å². The van der Waals surface area contributed by atoms with E-state index >= 15 is 0 Å². The van der Waals surface area contributed by atoms with Crippen LogP contribution in [0.2, 0.25) is 0 Å². The molecule has 21 heavy (non-hydrogen) atoms. The second-order valence-electron chi connectivity index (χ2n) is 5.14. The lowest BCUT2D eigenvalue weighted by Gasteiger charge is -2.12. The number of hydrogen-bond acceptors (Lipinski definition) is 4. The quantitative estimate of drug-likeness (QED) is 0.645. The Morgan fingerprint density at radius 1 is 1.33 bits per heavy atom. The molecule has 1 aromatic heterocycles. The van der Waals surface area contributed by atoms with E-state index in [2.05, 4.69) is 29.4 Å². The van der Waals surface area contributed by atoms with Gasteiger partial charge in [0.25, 0.3) is 5.69 Å². The molecular formula is C16H19N3O2. The van der Waals surface area contributed by atoms with E-state index in [1.807, 2.05) is 18.2 Å². The third-order valence-corrected chi connectivity index (χ3v) is 3.52. The molecule has 1 N–H and O–H groups in total. The second kappa shape index (κ2) is 6.83. The average Bonchev–Trinajstić information content (AvgIpc) is 2.49. The number of anilines is 1. The van der Waals surface area contributed by atoms with Gasteiger partial charge >= 0.3 is 0 Å². The summed E-state index contributed by atoms with van der Waals surface area (Å²) in [6, 6.07) is 11.8. The van der Waals surface area contributed by atoms with Crippen molar-refractivity contribution in [3.05, 3.63) is 63.8 Å². The molecule has 0 bridgehead atoms. The molecule has 0 amide bonds. The van der Waals surface area contributed by atoms with Gasteiger partial charge < -0.3 is 5.32 Å². The molecule has 0 aliphatic rings. The summed E-state index contributed by atoms with van der Waals surface area (Å²) < 4.78 is 0. The number of pyridine rings is 1. The van der Waals surface area contributed by atoms with Gasteiger partial charge in [0.2, 0.25) is 0 Å². The Hall–Kier alpha value is -2.43. The van der Waals surface area contributed by atoms with Crippen LogP contribution in [0.5, 0.6) is 0 Å². The lowest BCUT2D eigenvalue weighted by molar-refractivity contribution is -0.385. The van der Waals surface area contributed by atoms with E-state index in [4.69, 9.17) is 0 Å². The number of aryl methyl sites for hydroxylation is 1. The fraction of sp³-hybridized carbons (Fsp3) is 0.312. The molecule has 0 aliphatic carbocycles. The molecule has 0 saturated heterocycles. The highest BCUT2D eigenvalue weighted by molar-refractivity contribution is 5.48. The lowest BCUT2D eigenvalue weighted by atomic mass is 9.98. The number of nitro groups is 1. The topological polar surface area (TPSA) is 68.1 Å². The van der Waals surface area contributed by atoms with Crippen molar-refractivity contribution >= 4 is 11.5 Å². The molecule has 110 valence electrons. The maximum absolute atomic E-state index is 10.9. The minimum atomic E-state index is -0.380. The van der Waals surface area contributed by atoms with Crippen LogP contribution in [0.4, 0.5) is 11.5 Å². The van der Waals surface area contributed by atoms with Crippen LogP contribution in [0, 0.1) is 17.0 Å². The first kappa shape index (κ1) is 15.0. The average molecular weight is 285 g/mol. The van der Waals surface area contributed by atoms with E-state index in [0.29, 0.717) is 17.3 Å². The van der Waals surface area contributed by atoms with Crippen LogP contribution < -0.4 is 5.32 Å². The number of aromatic nitrogens is 1. The molecule has 1 aromatic carbocycles. The van der Waals surface area contributed by atoms with Gasteiger partial charge in [-0.1, -0.05) is 37.3 Å². The van der Waals surface area contributed by atoms with Crippen molar-refractivity contribution in [1.82, 2.24) is 4.98 Å². The largest absolute Gasteiger partial charge is 0.370 e. The Balaban J connectivity index is 1.92. The highest BCUT2D eigenvalue weighted by Crippen LogP contribution is 2.21. The van der Waals surface area contributed by atoms with E-state index in [1.165, 1.54) is 17.8 Å². The summed E-state index contributed by atoms with van der Waals surface area (Å²) in [5.74, 6) is 0.978. The first-order chi connectivity index (χ1) is 10.1. The summed E-state index contributed by atoms with van der Waals surface area (Å²) in [7, 11) is 0. The maximum atomic E-state index is 10.9. The van der Waals surface area contributed by atoms with Crippen molar-refractivity contribution in [2.75, 3.05) is 11.9 Å². The van der Waals surface area contributed by atoms with E-state index in [-0.39, 0.29) is 10.6 Å². The SMILES string of the molecule is Cc1cnc(NCCC(C)c2ccccc2)cc1[N+](=O)[O-]. The Morgan fingerprint density at radius 3 is 2.71 bits per heavy atom. The molecule has 1 atom stereocenters. The Labute approximate surface area is 124 Å². The van der Waals surface area contributed by atoms with Crippen molar-refractivity contribution in [2.45, 2.75) is 26.2 Å². The Bertz CT molecular complexity index is 614. The molecule has 5 nitrogen and oxygen atoms in total. The summed E-state index contributed by atoms with van der Waals surface area (Å²) in [6.07, 6.45) is 2.47. The number of rotatable bonds is 6. The molecule has 2 aromatic rings. The Kier molecular flexibility index (Phi) is 4.87. The number of hydrogen-bond donors (Lipinski definition) is 1. The zero-order valence-electron chi connectivity index (χ0n) is 12.2. The Morgan fingerprint density at radius 2 is 2.05 bits per heavy atom. The first-order valence-corrected chi connectivity index (χ1v) is 6.98. The van der Waals surface area contributed by atoms with Crippen molar-refractivity contribution in [3.63, 3.8) is 0 Å². The highest BCUT2D eigenvalue weighted by atomic mass is 16.6. The lowest BCUT2D eigenvalue weighted by Crippen LogP contribution is -2.07. The molecule has 0 saturated carbocycles. The summed E-state index contributed by atoms with van der Waals surface area (Å²) in [4.78, 5) is 14.7.